The molecule has 4 fully saturated rings. The van der Waals surface area contributed by atoms with Crippen molar-refractivity contribution < 1.29 is 32.1 Å². The maximum absolute atomic E-state index is 15.2. The minimum absolute atomic E-state index is 0.0531. The van der Waals surface area contributed by atoms with Gasteiger partial charge in [0, 0.05) is 97.0 Å². The Kier molecular flexibility index (Phi) is 11.2. The van der Waals surface area contributed by atoms with E-state index in [1.807, 2.05) is 17.0 Å². The molecule has 4 aliphatic heterocycles. The lowest BCUT2D eigenvalue weighted by atomic mass is 9.71. The number of nitrogens with one attached hydrogen (secondary N) is 3. The molecule has 18 heteroatoms. The number of piperidine rings is 2. The number of ether oxygens (including phenoxy) is 1. The number of anilines is 6. The number of amides is 2. The lowest BCUT2D eigenvalue weighted by Crippen LogP contribution is -2.74. The molecule has 2 amide bonds. The van der Waals surface area contributed by atoms with Crippen molar-refractivity contribution in [1.29, 1.82) is 0 Å². The molecule has 1 spiro atoms. The number of halogens is 4. The summed E-state index contributed by atoms with van der Waals surface area (Å²) in [7, 11) is -1.30. The third-order valence-corrected chi connectivity index (χ3v) is 15.0. The summed E-state index contributed by atoms with van der Waals surface area (Å²) in [6.07, 6.45) is 3.52. The van der Waals surface area contributed by atoms with Crippen molar-refractivity contribution >= 4 is 85.6 Å². The van der Waals surface area contributed by atoms with Crippen LogP contribution in [0.1, 0.15) is 48.4 Å². The van der Waals surface area contributed by atoms with E-state index in [1.165, 1.54) is 18.2 Å². The van der Waals surface area contributed by atoms with Crippen LogP contribution in [-0.4, -0.2) is 97.4 Å². The Morgan fingerprint density at radius 3 is 2.27 bits per heavy atom. The lowest BCUT2D eigenvalue weighted by Gasteiger charge is -2.63. The molecule has 3 aromatic carbocycles. The van der Waals surface area contributed by atoms with Gasteiger partial charge in [-0.05, 0) is 104 Å². The Labute approximate surface area is 371 Å². The molecule has 5 aromatic rings. The number of nitrogens with zero attached hydrogens (tertiary/aromatic N) is 6. The molecule has 3 N–H and O–H groups in total. The number of carbonyl (C=O) groups excluding carboxylic acids is 2. The van der Waals surface area contributed by atoms with Crippen molar-refractivity contribution in [3.63, 3.8) is 0 Å². The van der Waals surface area contributed by atoms with Crippen LogP contribution in [0.3, 0.4) is 0 Å². The van der Waals surface area contributed by atoms with Crippen LogP contribution in [0.2, 0.25) is 0 Å². The van der Waals surface area contributed by atoms with Crippen LogP contribution in [-0.2, 0) is 14.2 Å². The minimum atomic E-state index is -2.92. The zero-order valence-corrected chi connectivity index (χ0v) is 38.1. The lowest BCUT2D eigenvalue weighted by molar-refractivity contribution is -0.134. The number of aryl methyl sites for hydroxylation is 2. The van der Waals surface area contributed by atoms with Gasteiger partial charge in [0.2, 0.25) is 17.8 Å². The highest BCUT2D eigenvalue weighted by Gasteiger charge is 2.53. The Morgan fingerprint density at radius 2 is 1.60 bits per heavy atom. The number of carbonyl (C=O) groups is 2. The highest BCUT2D eigenvalue weighted by Crippen LogP contribution is 2.47. The van der Waals surface area contributed by atoms with Crippen molar-refractivity contribution in [2.75, 3.05) is 80.1 Å². The maximum Gasteiger partial charge on any atom is 0.234 e. The molecular formula is C45H48BrF3N9O4P. The molecule has 0 bridgehead atoms. The number of rotatable bonds is 10. The van der Waals surface area contributed by atoms with Gasteiger partial charge in [-0.1, -0.05) is 0 Å². The summed E-state index contributed by atoms with van der Waals surface area (Å²) in [6.45, 7) is 12.1. The average molecular weight is 947 g/mol. The van der Waals surface area contributed by atoms with E-state index in [2.05, 4.69) is 58.6 Å². The van der Waals surface area contributed by atoms with Crippen LogP contribution in [0.5, 0.6) is 5.75 Å². The molecule has 6 heterocycles. The largest absolute Gasteiger partial charge is 0.494 e. The van der Waals surface area contributed by atoms with Gasteiger partial charge in [-0.2, -0.15) is 4.98 Å². The molecule has 0 radical (unpaired) electrons. The van der Waals surface area contributed by atoms with E-state index in [0.717, 1.165) is 50.3 Å². The van der Waals surface area contributed by atoms with Gasteiger partial charge in [-0.3, -0.25) is 24.8 Å². The van der Waals surface area contributed by atoms with Gasteiger partial charge in [0.1, 0.15) is 36.2 Å². The number of hydrogen-bond donors (Lipinski definition) is 3. The third-order valence-electron chi connectivity index (χ3n) is 12.9. The summed E-state index contributed by atoms with van der Waals surface area (Å²) in [5.41, 5.74) is 4.60. The van der Waals surface area contributed by atoms with Crippen molar-refractivity contribution in [1.82, 2.24) is 25.2 Å². The molecule has 0 saturated carbocycles. The number of benzene rings is 3. The van der Waals surface area contributed by atoms with Gasteiger partial charge < -0.3 is 29.7 Å². The van der Waals surface area contributed by atoms with Crippen LogP contribution in [0.15, 0.2) is 53.1 Å². The molecule has 9 rings (SSSR count). The third kappa shape index (κ3) is 8.23. The number of imide groups is 1. The van der Waals surface area contributed by atoms with Gasteiger partial charge in [0.15, 0.2) is 0 Å². The van der Waals surface area contributed by atoms with Crippen molar-refractivity contribution in [2.45, 2.75) is 51.5 Å². The van der Waals surface area contributed by atoms with Gasteiger partial charge in [0.05, 0.1) is 40.1 Å². The summed E-state index contributed by atoms with van der Waals surface area (Å²) in [4.78, 5) is 44.4. The van der Waals surface area contributed by atoms with E-state index in [4.69, 9.17) is 9.72 Å². The first-order valence-electron chi connectivity index (χ1n) is 21.0. The van der Waals surface area contributed by atoms with Crippen LogP contribution < -0.4 is 35.8 Å². The van der Waals surface area contributed by atoms with Crippen LogP contribution >= 0.6 is 23.1 Å². The molecular weight excluding hydrogens is 898 g/mol. The molecule has 2 aromatic heterocycles. The van der Waals surface area contributed by atoms with Crippen molar-refractivity contribution in [3.8, 4) is 5.75 Å². The predicted molar refractivity (Wildman–Crippen MR) is 242 cm³/mol. The standard InChI is InChI=1S/C45H48BrF3N9O4P/c1-24-14-36(53-44-50-19-30(46)42(55-44)52-35-8-7-34-29(41(35)63(4,5)61)17-31(47)25(2)51-34)38(62-3)18-37(24)58-22-45(23-58)20-57(21-45)26-10-12-56(13-11-26)27-15-32(48)40(33(49)16-27)28-6-9-39(59)54-43(28)60/h7-8,14-19,26,28H,6,9-13,20-23H2,1-5H3,(H,54,59,60)(H2,50,52,53,55)/t28-/m1/s1. The fourth-order valence-corrected chi connectivity index (χ4v) is 11.5. The molecule has 4 saturated heterocycles. The Hall–Kier alpha value is -5.25. The SMILES string of the molecule is COc1cc(N2CC3(C2)CN(C2CCN(c4cc(F)c([C@H]5CCC(=O)NC5=O)c(F)c4)CC2)C3)c(C)cc1Nc1ncc(Br)c(Nc2ccc3nc(C)c(F)cc3c2P(C)(C)=O)n1. The first-order chi connectivity index (χ1) is 30.0. The maximum atomic E-state index is 15.2. The number of methoxy groups -OCH3 is 1. The second-order valence-electron chi connectivity index (χ2n) is 17.7. The monoisotopic (exact) mass is 945 g/mol. The normalized spacial score (nSPS) is 19.2. The number of aromatic nitrogens is 3. The molecule has 0 aliphatic carbocycles. The quantitative estimate of drug-likeness (QED) is 0.0926. The van der Waals surface area contributed by atoms with Gasteiger partial charge >= 0.3 is 0 Å². The van der Waals surface area contributed by atoms with E-state index in [-0.39, 0.29) is 29.5 Å². The van der Waals surface area contributed by atoms with Crippen LogP contribution in [0.4, 0.5) is 47.7 Å². The second kappa shape index (κ2) is 16.4. The zero-order chi connectivity index (χ0) is 44.5. The molecule has 1 atom stereocenters. The molecule has 330 valence electrons. The summed E-state index contributed by atoms with van der Waals surface area (Å²) in [6, 6.07) is 12.0. The number of pyridine rings is 1. The summed E-state index contributed by atoms with van der Waals surface area (Å²) in [5.74, 6) is -2.72. The Bertz CT molecular complexity index is 2710. The van der Waals surface area contributed by atoms with Crippen molar-refractivity contribution in [3.05, 3.63) is 87.4 Å². The topological polar surface area (TPSA) is 145 Å². The van der Waals surface area contributed by atoms with Crippen LogP contribution in [0, 0.1) is 36.7 Å². The fraction of sp³-hybridized carbons (Fsp3) is 0.400. The highest BCUT2D eigenvalue weighted by molar-refractivity contribution is 9.10. The molecule has 0 unspecified atom stereocenters. The smallest absolute Gasteiger partial charge is 0.234 e. The fourth-order valence-electron chi connectivity index (χ4n) is 9.78. The Morgan fingerprint density at radius 1 is 0.889 bits per heavy atom. The first kappa shape index (κ1) is 43.0. The summed E-state index contributed by atoms with van der Waals surface area (Å²) < 4.78 is 65.2. The average Bonchev–Trinajstić information content (AvgIpc) is 3.19. The van der Waals surface area contributed by atoms with Gasteiger partial charge in [-0.25, -0.2) is 18.2 Å². The van der Waals surface area contributed by atoms with Crippen LogP contribution in [0.25, 0.3) is 10.9 Å². The van der Waals surface area contributed by atoms with E-state index in [9.17, 15) is 18.5 Å². The predicted octanol–water partition coefficient (Wildman–Crippen LogP) is 7.88. The molecule has 63 heavy (non-hydrogen) atoms. The zero-order valence-electron chi connectivity index (χ0n) is 35.6. The van der Waals surface area contributed by atoms with E-state index in [0.29, 0.717) is 74.4 Å². The minimum Gasteiger partial charge on any atom is -0.494 e. The van der Waals surface area contributed by atoms with E-state index in [1.54, 1.807) is 45.7 Å². The molecule has 13 nitrogen and oxygen atoms in total. The van der Waals surface area contributed by atoms with Gasteiger partial charge in [0.25, 0.3) is 0 Å². The van der Waals surface area contributed by atoms with Crippen molar-refractivity contribution in [2.24, 2.45) is 5.41 Å². The first-order valence-corrected chi connectivity index (χ1v) is 24.4. The van der Waals surface area contributed by atoms with Gasteiger partial charge in [-0.15, -0.1) is 0 Å². The summed E-state index contributed by atoms with van der Waals surface area (Å²) in [5, 5.41) is 9.76. The Balaban J connectivity index is 0.817. The number of fused-ring (bicyclic) bond motifs is 1. The second-order valence-corrected chi connectivity index (χ2v) is 21.7. The number of hydrogen-bond acceptors (Lipinski definition) is 12. The number of likely N-dealkylation sites (tertiary alicyclic amines) is 1. The summed E-state index contributed by atoms with van der Waals surface area (Å²) >= 11 is 3.54. The van der Waals surface area contributed by atoms with E-state index >= 15 is 8.78 Å². The van der Waals surface area contributed by atoms with E-state index < -0.39 is 42.3 Å². The highest BCUT2D eigenvalue weighted by atomic mass is 79.9. The molecule has 4 aliphatic rings.